The van der Waals surface area contributed by atoms with E-state index in [0.29, 0.717) is 5.56 Å². The third-order valence-corrected chi connectivity index (χ3v) is 3.68. The van der Waals surface area contributed by atoms with Gasteiger partial charge in [-0.1, -0.05) is 18.2 Å². The number of nitrogens with one attached hydrogen (secondary N) is 1. The molecule has 2 aromatic carbocycles. The lowest BCUT2D eigenvalue weighted by Crippen LogP contribution is -2.03. The molecule has 3 nitrogen and oxygen atoms in total. The van der Waals surface area contributed by atoms with Crippen LogP contribution in [0, 0.1) is 0 Å². The fourth-order valence-electron chi connectivity index (χ4n) is 1.82. The van der Waals surface area contributed by atoms with Crippen LogP contribution in [0.3, 0.4) is 0 Å². The van der Waals surface area contributed by atoms with E-state index in [-0.39, 0.29) is 5.97 Å². The summed E-state index contributed by atoms with van der Waals surface area (Å²) in [6.07, 6.45) is 2.06. The first-order chi connectivity index (χ1) is 9.72. The van der Waals surface area contributed by atoms with Crippen LogP contribution >= 0.6 is 11.8 Å². The zero-order chi connectivity index (χ0) is 14.4. The number of carbonyl (C=O) groups is 1. The van der Waals surface area contributed by atoms with Crippen molar-refractivity contribution in [3.8, 4) is 0 Å². The van der Waals surface area contributed by atoms with Gasteiger partial charge in [-0.3, -0.25) is 0 Å². The van der Waals surface area contributed by atoms with Crippen molar-refractivity contribution < 1.29 is 9.53 Å². The van der Waals surface area contributed by atoms with Crippen LogP contribution < -0.4 is 5.32 Å². The van der Waals surface area contributed by atoms with E-state index < -0.39 is 0 Å². The molecule has 0 unspecified atom stereocenters. The molecule has 0 fully saturated rings. The van der Waals surface area contributed by atoms with Crippen LogP contribution in [-0.2, 0) is 11.3 Å². The maximum absolute atomic E-state index is 11.5. The van der Waals surface area contributed by atoms with Crippen LogP contribution in [0.5, 0.6) is 0 Å². The number of rotatable bonds is 5. The van der Waals surface area contributed by atoms with E-state index in [1.807, 2.05) is 12.1 Å². The van der Waals surface area contributed by atoms with Crippen molar-refractivity contribution in [3.63, 3.8) is 0 Å². The van der Waals surface area contributed by atoms with Crippen molar-refractivity contribution >= 4 is 23.4 Å². The number of esters is 1. The Kier molecular flexibility index (Phi) is 5.07. The Balaban J connectivity index is 2.01. The predicted molar refractivity (Wildman–Crippen MR) is 83.3 cm³/mol. The molecule has 0 aliphatic heterocycles. The second-order valence-corrected chi connectivity index (χ2v) is 5.15. The fraction of sp³-hybridized carbons (Fsp3) is 0.188. The highest BCUT2D eigenvalue weighted by Crippen LogP contribution is 2.16. The molecule has 20 heavy (non-hydrogen) atoms. The molecular weight excluding hydrogens is 270 g/mol. The summed E-state index contributed by atoms with van der Waals surface area (Å²) in [5.41, 5.74) is 2.66. The van der Waals surface area contributed by atoms with Gasteiger partial charge < -0.3 is 10.1 Å². The number of methoxy groups -OCH3 is 1. The number of hydrogen-bond acceptors (Lipinski definition) is 4. The van der Waals surface area contributed by atoms with Crippen LogP contribution in [0.15, 0.2) is 53.4 Å². The Morgan fingerprint density at radius 1 is 1.20 bits per heavy atom. The minimum Gasteiger partial charge on any atom is -0.465 e. The number of anilines is 1. The minimum absolute atomic E-state index is 0.321. The zero-order valence-electron chi connectivity index (χ0n) is 11.6. The molecular formula is C16H17NO2S. The molecule has 0 aliphatic carbocycles. The molecule has 0 spiro atoms. The molecule has 0 amide bonds. The maximum atomic E-state index is 11.5. The maximum Gasteiger partial charge on any atom is 0.337 e. The van der Waals surface area contributed by atoms with Gasteiger partial charge in [0.1, 0.15) is 0 Å². The largest absolute Gasteiger partial charge is 0.465 e. The Bertz CT molecular complexity index is 581. The molecule has 104 valence electrons. The normalized spacial score (nSPS) is 10.1. The number of benzene rings is 2. The summed E-state index contributed by atoms with van der Waals surface area (Å²) >= 11 is 1.73. The molecule has 2 aromatic rings. The SMILES string of the molecule is COC(=O)c1cccc(NCc2ccc(SC)cc2)c1. The average molecular weight is 287 g/mol. The second-order valence-electron chi connectivity index (χ2n) is 4.27. The van der Waals surface area contributed by atoms with Gasteiger partial charge in [0.25, 0.3) is 0 Å². The van der Waals surface area contributed by atoms with Crippen molar-refractivity contribution in [1.29, 1.82) is 0 Å². The van der Waals surface area contributed by atoms with Gasteiger partial charge in [-0.05, 0) is 42.2 Å². The Hall–Kier alpha value is -1.94. The molecule has 0 heterocycles. The molecule has 0 atom stereocenters. The van der Waals surface area contributed by atoms with Crippen LogP contribution in [0.25, 0.3) is 0 Å². The molecule has 0 aromatic heterocycles. The third kappa shape index (κ3) is 3.78. The molecule has 2 rings (SSSR count). The number of hydrogen-bond donors (Lipinski definition) is 1. The number of ether oxygens (including phenoxy) is 1. The van der Waals surface area contributed by atoms with Gasteiger partial charge in [0.05, 0.1) is 12.7 Å². The van der Waals surface area contributed by atoms with Crippen LogP contribution in [0.1, 0.15) is 15.9 Å². The van der Waals surface area contributed by atoms with Crippen LogP contribution in [0.4, 0.5) is 5.69 Å². The Morgan fingerprint density at radius 3 is 2.60 bits per heavy atom. The summed E-state index contributed by atoms with van der Waals surface area (Å²) in [6.45, 7) is 0.722. The van der Waals surface area contributed by atoms with Gasteiger partial charge in [0.2, 0.25) is 0 Å². The molecule has 1 N–H and O–H groups in total. The van der Waals surface area contributed by atoms with Crippen molar-refractivity contribution in [2.75, 3.05) is 18.7 Å². The van der Waals surface area contributed by atoms with E-state index in [9.17, 15) is 4.79 Å². The first kappa shape index (κ1) is 14.5. The molecule has 0 saturated heterocycles. The van der Waals surface area contributed by atoms with Crippen molar-refractivity contribution in [3.05, 3.63) is 59.7 Å². The summed E-state index contributed by atoms with van der Waals surface area (Å²) in [7, 11) is 1.38. The van der Waals surface area contributed by atoms with Gasteiger partial charge in [-0.15, -0.1) is 11.8 Å². The molecule has 0 aliphatic rings. The summed E-state index contributed by atoms with van der Waals surface area (Å²) in [5.74, 6) is -0.321. The summed E-state index contributed by atoms with van der Waals surface area (Å²) < 4.78 is 4.71. The molecule has 4 heteroatoms. The summed E-state index contributed by atoms with van der Waals surface area (Å²) in [4.78, 5) is 12.7. The lowest BCUT2D eigenvalue weighted by atomic mass is 10.2. The summed E-state index contributed by atoms with van der Waals surface area (Å²) in [6, 6.07) is 15.7. The standard InChI is InChI=1S/C16H17NO2S/c1-19-16(18)13-4-3-5-14(10-13)17-11-12-6-8-15(20-2)9-7-12/h3-10,17H,11H2,1-2H3. The van der Waals surface area contributed by atoms with Crippen molar-refractivity contribution in [2.24, 2.45) is 0 Å². The van der Waals surface area contributed by atoms with E-state index >= 15 is 0 Å². The van der Waals surface area contributed by atoms with E-state index in [1.54, 1.807) is 23.9 Å². The molecule has 0 radical (unpaired) electrons. The fourth-order valence-corrected chi connectivity index (χ4v) is 2.23. The smallest absolute Gasteiger partial charge is 0.337 e. The molecule has 0 bridgehead atoms. The van der Waals surface area contributed by atoms with E-state index in [4.69, 9.17) is 4.74 Å². The van der Waals surface area contributed by atoms with Gasteiger partial charge in [0, 0.05) is 17.1 Å². The van der Waals surface area contributed by atoms with Crippen molar-refractivity contribution in [2.45, 2.75) is 11.4 Å². The van der Waals surface area contributed by atoms with Crippen LogP contribution in [-0.4, -0.2) is 19.3 Å². The predicted octanol–water partition coefficient (Wildman–Crippen LogP) is 3.81. The van der Waals surface area contributed by atoms with E-state index in [1.165, 1.54) is 17.6 Å². The first-order valence-corrected chi connectivity index (χ1v) is 7.50. The second kappa shape index (κ2) is 7.01. The quantitative estimate of drug-likeness (QED) is 0.670. The van der Waals surface area contributed by atoms with Gasteiger partial charge in [0.15, 0.2) is 0 Å². The van der Waals surface area contributed by atoms with E-state index in [0.717, 1.165) is 12.2 Å². The minimum atomic E-state index is -0.321. The number of carbonyl (C=O) groups excluding carboxylic acids is 1. The van der Waals surface area contributed by atoms with Gasteiger partial charge >= 0.3 is 5.97 Å². The first-order valence-electron chi connectivity index (χ1n) is 6.28. The monoisotopic (exact) mass is 287 g/mol. The van der Waals surface area contributed by atoms with E-state index in [2.05, 4.69) is 35.8 Å². The van der Waals surface area contributed by atoms with Crippen molar-refractivity contribution in [1.82, 2.24) is 0 Å². The Labute approximate surface area is 123 Å². The Morgan fingerprint density at radius 2 is 1.95 bits per heavy atom. The highest BCUT2D eigenvalue weighted by molar-refractivity contribution is 7.98. The highest BCUT2D eigenvalue weighted by Gasteiger charge is 2.05. The lowest BCUT2D eigenvalue weighted by Gasteiger charge is -2.08. The van der Waals surface area contributed by atoms with Gasteiger partial charge in [-0.25, -0.2) is 4.79 Å². The van der Waals surface area contributed by atoms with Gasteiger partial charge in [-0.2, -0.15) is 0 Å². The third-order valence-electron chi connectivity index (χ3n) is 2.94. The highest BCUT2D eigenvalue weighted by atomic mass is 32.2. The summed E-state index contributed by atoms with van der Waals surface area (Å²) in [5, 5.41) is 3.30. The topological polar surface area (TPSA) is 38.3 Å². The van der Waals surface area contributed by atoms with Crippen LogP contribution in [0.2, 0.25) is 0 Å². The zero-order valence-corrected chi connectivity index (χ0v) is 12.4. The average Bonchev–Trinajstić information content (AvgIpc) is 2.53. The lowest BCUT2D eigenvalue weighted by molar-refractivity contribution is 0.0601. The molecule has 0 saturated carbocycles. The number of thioether (sulfide) groups is 1.